The maximum Gasteiger partial charge on any atom is 0.234 e. The zero-order chi connectivity index (χ0) is 12.9. The van der Waals surface area contributed by atoms with E-state index in [2.05, 4.69) is 31.8 Å². The minimum atomic E-state index is -0.175. The molecular weight excluding hydrogens is 214 g/mol. The van der Waals surface area contributed by atoms with Crippen molar-refractivity contribution in [3.8, 4) is 6.07 Å². The summed E-state index contributed by atoms with van der Waals surface area (Å²) < 4.78 is 0. The Bertz CT molecular complexity index is 330. The number of carbonyl (C=O) groups is 1. The van der Waals surface area contributed by atoms with Gasteiger partial charge in [-0.2, -0.15) is 5.26 Å². The summed E-state index contributed by atoms with van der Waals surface area (Å²) in [4.78, 5) is 13.6. The minimum absolute atomic E-state index is 0.0360. The predicted molar refractivity (Wildman–Crippen MR) is 67.2 cm³/mol. The largest absolute Gasteiger partial charge is 0.352 e. The summed E-state index contributed by atoms with van der Waals surface area (Å²) in [5, 5.41) is 12.0. The van der Waals surface area contributed by atoms with Crippen LogP contribution in [0, 0.1) is 16.7 Å². The monoisotopic (exact) mass is 235 g/mol. The van der Waals surface area contributed by atoms with Gasteiger partial charge in [-0.1, -0.05) is 19.9 Å². The second-order valence-corrected chi connectivity index (χ2v) is 5.19. The lowest BCUT2D eigenvalue weighted by atomic mass is 9.77. The number of carbonyl (C=O) groups excluding carboxylic acids is 1. The molecule has 0 bridgehead atoms. The average Bonchev–Trinajstić information content (AvgIpc) is 2.25. The van der Waals surface area contributed by atoms with Gasteiger partial charge in [-0.15, -0.1) is 6.58 Å². The van der Waals surface area contributed by atoms with Crippen LogP contribution >= 0.6 is 0 Å². The molecule has 1 aliphatic heterocycles. The third kappa shape index (κ3) is 3.57. The Kier molecular flexibility index (Phi) is 4.71. The molecule has 1 N–H and O–H groups in total. The lowest BCUT2D eigenvalue weighted by Gasteiger charge is -2.42. The van der Waals surface area contributed by atoms with Crippen LogP contribution in [0.5, 0.6) is 0 Å². The molecule has 4 nitrogen and oxygen atoms in total. The molecule has 1 fully saturated rings. The highest BCUT2D eigenvalue weighted by atomic mass is 16.2. The summed E-state index contributed by atoms with van der Waals surface area (Å²) in [6.07, 6.45) is 3.73. The van der Waals surface area contributed by atoms with E-state index in [-0.39, 0.29) is 17.4 Å². The number of amides is 1. The Morgan fingerprint density at radius 2 is 2.41 bits per heavy atom. The molecule has 1 rings (SSSR count). The van der Waals surface area contributed by atoms with Crippen LogP contribution < -0.4 is 5.32 Å². The van der Waals surface area contributed by atoms with Crippen molar-refractivity contribution in [2.24, 2.45) is 5.41 Å². The highest BCUT2D eigenvalue weighted by Crippen LogP contribution is 2.34. The molecule has 0 aromatic carbocycles. The molecule has 1 aliphatic rings. The first-order valence-corrected chi connectivity index (χ1v) is 6.02. The van der Waals surface area contributed by atoms with Crippen LogP contribution in [0.4, 0.5) is 0 Å². The van der Waals surface area contributed by atoms with Gasteiger partial charge in [0.25, 0.3) is 0 Å². The molecule has 0 radical (unpaired) electrons. The molecule has 1 heterocycles. The maximum absolute atomic E-state index is 11.6. The van der Waals surface area contributed by atoms with E-state index in [1.54, 1.807) is 6.08 Å². The molecule has 0 saturated carbocycles. The van der Waals surface area contributed by atoms with Crippen LogP contribution in [0.1, 0.15) is 26.7 Å². The van der Waals surface area contributed by atoms with Crippen LogP contribution in [-0.2, 0) is 4.79 Å². The minimum Gasteiger partial charge on any atom is -0.352 e. The molecule has 1 atom stereocenters. The second-order valence-electron chi connectivity index (χ2n) is 5.19. The SMILES string of the molecule is C=CCNC(=O)CN1CCCC(C)(C)C1C#N. The third-order valence-corrected chi connectivity index (χ3v) is 3.28. The van der Waals surface area contributed by atoms with Gasteiger partial charge >= 0.3 is 0 Å². The summed E-state index contributed by atoms with van der Waals surface area (Å²) in [5.74, 6) is -0.0390. The first-order valence-electron chi connectivity index (χ1n) is 6.02. The van der Waals surface area contributed by atoms with E-state index in [9.17, 15) is 10.1 Å². The first kappa shape index (κ1) is 13.7. The maximum atomic E-state index is 11.6. The Morgan fingerprint density at radius 3 is 3.00 bits per heavy atom. The fourth-order valence-electron chi connectivity index (χ4n) is 2.35. The van der Waals surface area contributed by atoms with E-state index in [0.29, 0.717) is 13.1 Å². The van der Waals surface area contributed by atoms with E-state index in [4.69, 9.17) is 0 Å². The number of rotatable bonds is 4. The number of nitrogens with zero attached hydrogens (tertiary/aromatic N) is 2. The van der Waals surface area contributed by atoms with E-state index >= 15 is 0 Å². The molecule has 1 amide bonds. The van der Waals surface area contributed by atoms with Crippen molar-refractivity contribution in [2.45, 2.75) is 32.7 Å². The zero-order valence-electron chi connectivity index (χ0n) is 10.7. The van der Waals surface area contributed by atoms with Gasteiger partial charge in [-0.25, -0.2) is 0 Å². The van der Waals surface area contributed by atoms with E-state index in [1.807, 2.05) is 4.90 Å². The van der Waals surface area contributed by atoms with E-state index < -0.39 is 0 Å². The van der Waals surface area contributed by atoms with Crippen LogP contribution in [0.3, 0.4) is 0 Å². The van der Waals surface area contributed by atoms with E-state index in [0.717, 1.165) is 19.4 Å². The fourth-order valence-corrected chi connectivity index (χ4v) is 2.35. The van der Waals surface area contributed by atoms with Crippen molar-refractivity contribution in [3.63, 3.8) is 0 Å². The van der Waals surface area contributed by atoms with Crippen molar-refractivity contribution >= 4 is 5.91 Å². The van der Waals surface area contributed by atoms with Crippen LogP contribution in [0.15, 0.2) is 12.7 Å². The summed E-state index contributed by atoms with van der Waals surface area (Å²) >= 11 is 0. The van der Waals surface area contributed by atoms with Gasteiger partial charge in [-0.05, 0) is 24.8 Å². The number of nitrogens with one attached hydrogen (secondary N) is 1. The van der Waals surface area contributed by atoms with E-state index in [1.165, 1.54) is 0 Å². The molecule has 1 saturated heterocycles. The van der Waals surface area contributed by atoms with Gasteiger partial charge in [0.05, 0.1) is 12.6 Å². The number of hydrogen-bond acceptors (Lipinski definition) is 3. The van der Waals surface area contributed by atoms with Gasteiger partial charge in [0.15, 0.2) is 0 Å². The third-order valence-electron chi connectivity index (χ3n) is 3.28. The standard InChI is InChI=1S/C13H21N3O/c1-4-7-15-12(17)10-16-8-5-6-13(2,3)11(16)9-14/h4,11H,1,5-8,10H2,2-3H3,(H,15,17). The summed E-state index contributed by atoms with van der Waals surface area (Å²) in [6.45, 7) is 9.34. The van der Waals surface area contributed by atoms with Crippen LogP contribution in [0.25, 0.3) is 0 Å². The topological polar surface area (TPSA) is 56.1 Å². The first-order chi connectivity index (χ1) is 8.01. The second kappa shape index (κ2) is 5.83. The quantitative estimate of drug-likeness (QED) is 0.747. The molecule has 17 heavy (non-hydrogen) atoms. The lowest BCUT2D eigenvalue weighted by Crippen LogP contribution is -2.52. The number of hydrogen-bond donors (Lipinski definition) is 1. The van der Waals surface area contributed by atoms with Crippen molar-refractivity contribution in [3.05, 3.63) is 12.7 Å². The summed E-state index contributed by atoms with van der Waals surface area (Å²) in [7, 11) is 0. The van der Waals surface area contributed by atoms with Gasteiger partial charge in [-0.3, -0.25) is 9.69 Å². The Labute approximate surface area is 103 Å². The van der Waals surface area contributed by atoms with Gasteiger partial charge < -0.3 is 5.32 Å². The lowest BCUT2D eigenvalue weighted by molar-refractivity contribution is -0.123. The van der Waals surface area contributed by atoms with Crippen molar-refractivity contribution in [1.82, 2.24) is 10.2 Å². The predicted octanol–water partition coefficient (Wildman–Crippen LogP) is 1.30. The Balaban J connectivity index is 2.60. The summed E-state index contributed by atoms with van der Waals surface area (Å²) in [5.41, 5.74) is -0.0360. The molecule has 4 heteroatoms. The Morgan fingerprint density at radius 1 is 1.71 bits per heavy atom. The number of likely N-dealkylation sites (tertiary alicyclic amines) is 1. The van der Waals surface area contributed by atoms with Gasteiger partial charge in [0.1, 0.15) is 6.04 Å². The molecule has 0 spiro atoms. The van der Waals surface area contributed by atoms with Crippen LogP contribution in [-0.4, -0.2) is 36.5 Å². The van der Waals surface area contributed by atoms with Crippen molar-refractivity contribution in [2.75, 3.05) is 19.6 Å². The van der Waals surface area contributed by atoms with Gasteiger partial charge in [0, 0.05) is 6.54 Å². The zero-order valence-corrected chi connectivity index (χ0v) is 10.7. The summed E-state index contributed by atoms with van der Waals surface area (Å²) in [6, 6.07) is 2.16. The molecule has 94 valence electrons. The molecule has 0 aromatic heterocycles. The van der Waals surface area contributed by atoms with Crippen molar-refractivity contribution < 1.29 is 4.79 Å². The fraction of sp³-hybridized carbons (Fsp3) is 0.692. The molecule has 0 aliphatic carbocycles. The highest BCUT2D eigenvalue weighted by Gasteiger charge is 2.38. The average molecular weight is 235 g/mol. The normalized spacial score (nSPS) is 23.7. The van der Waals surface area contributed by atoms with Crippen molar-refractivity contribution in [1.29, 1.82) is 5.26 Å². The smallest absolute Gasteiger partial charge is 0.234 e. The van der Waals surface area contributed by atoms with Crippen LogP contribution in [0.2, 0.25) is 0 Å². The van der Waals surface area contributed by atoms with Gasteiger partial charge in [0.2, 0.25) is 5.91 Å². The molecule has 1 unspecified atom stereocenters. The molecular formula is C13H21N3O. The molecule has 0 aromatic rings. The number of nitriles is 1. The highest BCUT2D eigenvalue weighted by molar-refractivity contribution is 5.78. The number of piperidine rings is 1. The Hall–Kier alpha value is -1.34.